The Morgan fingerprint density at radius 1 is 1.13 bits per heavy atom. The van der Waals surface area contributed by atoms with Crippen LogP contribution in [0.1, 0.15) is 110 Å². The van der Waals surface area contributed by atoms with Crippen molar-refractivity contribution in [1.29, 1.82) is 0 Å². The first kappa shape index (κ1) is 45.0. The summed E-state index contributed by atoms with van der Waals surface area (Å²) in [7, 11) is -1.58. The molecule has 3 aliphatic rings. The summed E-state index contributed by atoms with van der Waals surface area (Å²) in [6.45, 7) is 13.4. The van der Waals surface area contributed by atoms with Gasteiger partial charge >= 0.3 is 16.3 Å². The molecule has 6 rings (SSSR count). The van der Waals surface area contributed by atoms with Crippen LogP contribution in [0.25, 0.3) is 21.6 Å². The second kappa shape index (κ2) is 17.8. The highest BCUT2D eigenvalue weighted by Crippen LogP contribution is 2.46. The number of hydrogen-bond acceptors (Lipinski definition) is 11. The van der Waals surface area contributed by atoms with Crippen LogP contribution in [0.2, 0.25) is 0 Å². The molecule has 0 radical (unpaired) electrons. The van der Waals surface area contributed by atoms with E-state index in [0.717, 1.165) is 62.2 Å². The SMILES string of the molecule is CCCc1nc(-c2cccc3c2nc(O[C@@H]2C[C@H]4C(=O)N[C@]5(C(=O)NS(=O)(=O)N(C)C)C[C@H]5/C=C\CCCCC[C@H](NC(=O)OC(C)(C)C)C(=O)N4C2)n3C(C)C)sc1C. The lowest BCUT2D eigenvalue weighted by Crippen LogP contribution is -2.58. The van der Waals surface area contributed by atoms with Crippen LogP contribution >= 0.6 is 11.3 Å². The van der Waals surface area contributed by atoms with Crippen molar-refractivity contribution in [3.8, 4) is 16.6 Å². The van der Waals surface area contributed by atoms with Crippen LogP contribution in [0, 0.1) is 12.8 Å². The molecule has 1 saturated carbocycles. The summed E-state index contributed by atoms with van der Waals surface area (Å²) in [5.41, 5.74) is 1.13. The molecule has 3 aromatic rings. The van der Waals surface area contributed by atoms with Gasteiger partial charge in [0.05, 0.1) is 17.8 Å². The summed E-state index contributed by atoms with van der Waals surface area (Å²) in [5.74, 6) is -2.48. The second-order valence-corrected chi connectivity index (χ2v) is 20.6. The first-order chi connectivity index (χ1) is 28.2. The van der Waals surface area contributed by atoms with E-state index in [1.807, 2.05) is 48.8 Å². The van der Waals surface area contributed by atoms with Crippen LogP contribution in [0.3, 0.4) is 0 Å². The number of carbonyl (C=O) groups excluding carboxylic acids is 4. The Balaban J connectivity index is 1.36. The maximum Gasteiger partial charge on any atom is 0.408 e. The molecule has 1 aliphatic carbocycles. The van der Waals surface area contributed by atoms with E-state index < -0.39 is 69.3 Å². The van der Waals surface area contributed by atoms with Gasteiger partial charge in [0.15, 0.2) is 0 Å². The molecule has 0 bridgehead atoms. The third-order valence-electron chi connectivity index (χ3n) is 11.1. The summed E-state index contributed by atoms with van der Waals surface area (Å²) in [6, 6.07) is 4.03. The van der Waals surface area contributed by atoms with Gasteiger partial charge in [0.1, 0.15) is 39.9 Å². The number of aryl methyl sites for hydroxylation is 2. The molecule has 5 atom stereocenters. The number of thiazole rings is 1. The Hall–Kier alpha value is -4.55. The highest BCUT2D eigenvalue weighted by Gasteiger charge is 2.62. The predicted octanol–water partition coefficient (Wildman–Crippen LogP) is 5.56. The van der Waals surface area contributed by atoms with Gasteiger partial charge in [-0.2, -0.15) is 17.7 Å². The van der Waals surface area contributed by atoms with Gasteiger partial charge in [-0.05, 0) is 85.8 Å². The van der Waals surface area contributed by atoms with Crippen molar-refractivity contribution in [2.75, 3.05) is 20.6 Å². The average molecular weight is 869 g/mol. The van der Waals surface area contributed by atoms with Crippen LogP contribution in [0.15, 0.2) is 30.4 Å². The number of rotatable bonds is 10. The normalized spacial score (nSPS) is 24.6. The van der Waals surface area contributed by atoms with Gasteiger partial charge in [0, 0.05) is 42.9 Å². The molecule has 4 amide bonds. The Morgan fingerprint density at radius 2 is 1.88 bits per heavy atom. The van der Waals surface area contributed by atoms with E-state index in [9.17, 15) is 27.6 Å². The van der Waals surface area contributed by atoms with Gasteiger partial charge < -0.3 is 25.0 Å². The monoisotopic (exact) mass is 868 g/mol. The van der Waals surface area contributed by atoms with E-state index in [-0.39, 0.29) is 25.4 Å². The van der Waals surface area contributed by atoms with Gasteiger partial charge in [-0.15, -0.1) is 11.3 Å². The molecule has 0 unspecified atom stereocenters. The Kier molecular flexibility index (Phi) is 13.4. The van der Waals surface area contributed by atoms with E-state index in [2.05, 4.69) is 29.2 Å². The lowest BCUT2D eigenvalue weighted by molar-refractivity contribution is -0.141. The molecule has 1 saturated heterocycles. The number of hydrogen-bond donors (Lipinski definition) is 3. The zero-order chi connectivity index (χ0) is 43.7. The largest absolute Gasteiger partial charge is 0.459 e. The van der Waals surface area contributed by atoms with Gasteiger partial charge in [-0.25, -0.2) is 14.5 Å². The Labute approximate surface area is 357 Å². The number of nitrogens with zero attached hydrogens (tertiary/aromatic N) is 5. The number of para-hydroxylation sites is 1. The third kappa shape index (κ3) is 9.81. The maximum absolute atomic E-state index is 14.7. The minimum absolute atomic E-state index is 0.0266. The van der Waals surface area contributed by atoms with Gasteiger partial charge in [0.25, 0.3) is 11.9 Å². The molecule has 3 N–H and O–H groups in total. The van der Waals surface area contributed by atoms with E-state index in [4.69, 9.17) is 19.4 Å². The van der Waals surface area contributed by atoms with Crippen LogP contribution in [-0.2, 0) is 35.8 Å². The van der Waals surface area contributed by atoms with Crippen molar-refractivity contribution in [1.82, 2.24) is 39.1 Å². The molecule has 0 spiro atoms. The van der Waals surface area contributed by atoms with Crippen molar-refractivity contribution in [3.63, 3.8) is 0 Å². The lowest BCUT2D eigenvalue weighted by Gasteiger charge is -2.30. The molecule has 4 heterocycles. The van der Waals surface area contributed by atoms with Crippen LogP contribution in [0.4, 0.5) is 4.79 Å². The lowest BCUT2D eigenvalue weighted by atomic mass is 10.0. The summed E-state index contributed by atoms with van der Waals surface area (Å²) in [5, 5.41) is 6.51. The standard InChI is InChI=1S/C42H60N8O8S2/c1-10-17-30-26(4)59-36(43-30)29-19-16-21-32-34(29)45-39(50(32)25(2)3)57-28-22-33-35(51)46-42(38(53)47-60(55,56)48(8)9)23-27(42)18-14-12-11-13-15-20-31(37(52)49(33)24-28)44-40(54)58-41(5,6)7/h14,16,18-19,21,25,27-28,31,33H,10-13,15,17,20,22-24H2,1-9H3,(H,44,54)(H,46,51)(H,47,53)/b18-14-/t27-,28-,31+,33+,42-/m1/s1. The summed E-state index contributed by atoms with van der Waals surface area (Å²) in [6.07, 6.45) is 7.49. The number of aromatic nitrogens is 3. The first-order valence-corrected chi connectivity index (χ1v) is 23.2. The number of fused-ring (bicyclic) bond motifs is 3. The first-order valence-electron chi connectivity index (χ1n) is 20.9. The zero-order valence-corrected chi connectivity index (χ0v) is 37.8. The van der Waals surface area contributed by atoms with E-state index in [1.165, 1.54) is 19.0 Å². The molecular weight excluding hydrogens is 809 g/mol. The average Bonchev–Trinajstić information content (AvgIpc) is 3.40. The fraction of sp³-hybridized carbons (Fsp3) is 0.619. The number of allylic oxidation sites excluding steroid dienone is 1. The van der Waals surface area contributed by atoms with Crippen molar-refractivity contribution in [2.24, 2.45) is 5.92 Å². The van der Waals surface area contributed by atoms with Crippen molar-refractivity contribution < 1.29 is 37.1 Å². The summed E-state index contributed by atoms with van der Waals surface area (Å²) in [4.78, 5) is 68.7. The quantitative estimate of drug-likeness (QED) is 0.217. The fourth-order valence-corrected chi connectivity index (χ4v) is 9.51. The van der Waals surface area contributed by atoms with E-state index in [1.54, 1.807) is 32.1 Å². The van der Waals surface area contributed by atoms with E-state index in [0.29, 0.717) is 25.3 Å². The van der Waals surface area contributed by atoms with Crippen molar-refractivity contribution in [3.05, 3.63) is 40.9 Å². The predicted molar refractivity (Wildman–Crippen MR) is 230 cm³/mol. The zero-order valence-electron chi connectivity index (χ0n) is 36.2. The Morgan fingerprint density at radius 3 is 2.57 bits per heavy atom. The number of benzene rings is 1. The molecule has 18 heteroatoms. The molecule has 2 fully saturated rings. The molecule has 2 aliphatic heterocycles. The smallest absolute Gasteiger partial charge is 0.408 e. The highest BCUT2D eigenvalue weighted by molar-refractivity contribution is 7.87. The third-order valence-corrected chi connectivity index (χ3v) is 13.6. The summed E-state index contributed by atoms with van der Waals surface area (Å²) >= 11 is 1.63. The molecule has 60 heavy (non-hydrogen) atoms. The minimum atomic E-state index is -4.18. The highest BCUT2D eigenvalue weighted by atomic mass is 32.2. The summed E-state index contributed by atoms with van der Waals surface area (Å²) < 4.78 is 42.8. The topological polar surface area (TPSA) is 194 Å². The minimum Gasteiger partial charge on any atom is -0.459 e. The second-order valence-electron chi connectivity index (χ2n) is 17.5. The van der Waals surface area contributed by atoms with Gasteiger partial charge in [-0.1, -0.05) is 44.4 Å². The molecule has 1 aromatic carbocycles. The number of alkyl carbamates (subject to hydrolysis) is 1. The maximum atomic E-state index is 14.7. The van der Waals surface area contributed by atoms with E-state index >= 15 is 0 Å². The van der Waals surface area contributed by atoms with Crippen LogP contribution in [-0.4, -0.2) is 106 Å². The number of carbonyl (C=O) groups is 4. The van der Waals surface area contributed by atoms with Crippen LogP contribution in [0.5, 0.6) is 6.01 Å². The fourth-order valence-electron chi connectivity index (χ4n) is 7.93. The molecular formula is C42H60N8O8S2. The molecule has 16 nitrogen and oxygen atoms in total. The number of amides is 4. The van der Waals surface area contributed by atoms with Crippen molar-refractivity contribution in [2.45, 2.75) is 142 Å². The molecule has 328 valence electrons. The number of imidazole rings is 1. The van der Waals surface area contributed by atoms with Gasteiger partial charge in [0.2, 0.25) is 11.8 Å². The molecule has 2 aromatic heterocycles. The number of ether oxygens (including phenoxy) is 2. The van der Waals surface area contributed by atoms with Gasteiger partial charge in [-0.3, -0.25) is 19.0 Å². The number of nitrogens with one attached hydrogen (secondary N) is 3. The Bertz CT molecular complexity index is 2240. The van der Waals surface area contributed by atoms with Crippen LogP contribution < -0.4 is 20.1 Å². The van der Waals surface area contributed by atoms with Crippen molar-refractivity contribution >= 4 is 56.4 Å².